The van der Waals surface area contributed by atoms with Gasteiger partial charge in [0.1, 0.15) is 0 Å². The van der Waals surface area contributed by atoms with E-state index in [1.165, 1.54) is 13.8 Å². The second-order valence-corrected chi connectivity index (χ2v) is 4.07. The molecule has 2 N–H and O–H groups in total. The summed E-state index contributed by atoms with van der Waals surface area (Å²) in [5, 5.41) is 25.2. The summed E-state index contributed by atoms with van der Waals surface area (Å²) in [6.45, 7) is 6.15. The van der Waals surface area contributed by atoms with Gasteiger partial charge in [0, 0.05) is 0 Å². The molecule has 0 aliphatic heterocycles. The number of carbonyl (C=O) groups is 2. The fraction of sp³-hybridized carbons (Fsp3) is 0.800. The van der Waals surface area contributed by atoms with E-state index in [0.29, 0.717) is 0 Å². The minimum absolute atomic E-state index is 0.255. The maximum atomic E-state index is 10.9. The minimum Gasteiger partial charge on any atom is -0.479 e. The summed E-state index contributed by atoms with van der Waals surface area (Å²) in [5.41, 5.74) is -2.71. The van der Waals surface area contributed by atoms with E-state index >= 15 is 0 Å². The smallest absolute Gasteiger partial charge is 0.333 e. The zero-order valence-electron chi connectivity index (χ0n) is 10.0. The van der Waals surface area contributed by atoms with Crippen molar-refractivity contribution < 1.29 is 19.8 Å². The van der Waals surface area contributed by atoms with Crippen molar-refractivity contribution in [3.8, 4) is 0 Å². The van der Waals surface area contributed by atoms with Gasteiger partial charge in [-0.1, -0.05) is 13.8 Å². The van der Waals surface area contributed by atoms with Crippen molar-refractivity contribution in [2.75, 3.05) is 0 Å². The molecule has 0 heterocycles. The number of azo groups is 1. The van der Waals surface area contributed by atoms with Gasteiger partial charge in [-0.3, -0.25) is 0 Å². The van der Waals surface area contributed by atoms with Gasteiger partial charge < -0.3 is 10.2 Å². The van der Waals surface area contributed by atoms with Crippen molar-refractivity contribution >= 4 is 11.9 Å². The van der Waals surface area contributed by atoms with E-state index in [1.54, 1.807) is 13.8 Å². The number of hydrogen-bond acceptors (Lipinski definition) is 4. The van der Waals surface area contributed by atoms with Crippen LogP contribution in [-0.4, -0.2) is 33.2 Å². The highest BCUT2D eigenvalue weighted by atomic mass is 16.4. The van der Waals surface area contributed by atoms with Crippen molar-refractivity contribution in [2.24, 2.45) is 10.2 Å². The normalized spacial score (nSPS) is 19.0. The molecule has 0 aliphatic rings. The van der Waals surface area contributed by atoms with Gasteiger partial charge in [0.15, 0.2) is 11.1 Å². The van der Waals surface area contributed by atoms with Crippen molar-refractivity contribution in [1.29, 1.82) is 0 Å². The van der Waals surface area contributed by atoms with Gasteiger partial charge in [-0.05, 0) is 26.7 Å². The second-order valence-electron chi connectivity index (χ2n) is 4.07. The van der Waals surface area contributed by atoms with Crippen LogP contribution in [0.15, 0.2) is 10.2 Å². The van der Waals surface area contributed by atoms with E-state index < -0.39 is 23.0 Å². The average molecular weight is 230 g/mol. The maximum Gasteiger partial charge on any atom is 0.333 e. The molecule has 2 unspecified atom stereocenters. The van der Waals surface area contributed by atoms with E-state index in [1.807, 2.05) is 0 Å². The third-order valence-corrected chi connectivity index (χ3v) is 2.79. The summed E-state index contributed by atoms with van der Waals surface area (Å²) in [7, 11) is 0. The summed E-state index contributed by atoms with van der Waals surface area (Å²) in [5.74, 6) is -2.22. The van der Waals surface area contributed by atoms with Crippen molar-refractivity contribution in [2.45, 2.75) is 51.6 Å². The molecular weight excluding hydrogens is 212 g/mol. The first-order valence-corrected chi connectivity index (χ1v) is 5.12. The third kappa shape index (κ3) is 3.01. The highest BCUT2D eigenvalue weighted by Gasteiger charge is 2.35. The Hall–Kier alpha value is -1.46. The van der Waals surface area contributed by atoms with Crippen LogP contribution in [-0.2, 0) is 9.59 Å². The Kier molecular flexibility index (Phi) is 4.59. The van der Waals surface area contributed by atoms with Gasteiger partial charge in [-0.25, -0.2) is 9.59 Å². The van der Waals surface area contributed by atoms with Crippen molar-refractivity contribution in [1.82, 2.24) is 0 Å². The molecule has 0 aromatic carbocycles. The third-order valence-electron chi connectivity index (χ3n) is 2.79. The number of carboxylic acid groups (broad SMARTS) is 2. The molecule has 0 rings (SSSR count). The minimum atomic E-state index is -1.36. The fourth-order valence-electron chi connectivity index (χ4n) is 0.750. The molecule has 0 saturated carbocycles. The molecule has 6 nitrogen and oxygen atoms in total. The highest BCUT2D eigenvalue weighted by molar-refractivity contribution is 5.79. The summed E-state index contributed by atoms with van der Waals surface area (Å²) >= 11 is 0. The molecular formula is C10H18N2O4. The molecule has 0 amide bonds. The van der Waals surface area contributed by atoms with E-state index in [4.69, 9.17) is 10.2 Å². The lowest BCUT2D eigenvalue weighted by atomic mass is 9.99. The van der Waals surface area contributed by atoms with E-state index in [2.05, 4.69) is 10.2 Å². The Morgan fingerprint density at radius 3 is 1.31 bits per heavy atom. The lowest BCUT2D eigenvalue weighted by molar-refractivity contribution is -0.145. The highest BCUT2D eigenvalue weighted by Crippen LogP contribution is 2.22. The van der Waals surface area contributed by atoms with Gasteiger partial charge in [-0.2, -0.15) is 10.2 Å². The van der Waals surface area contributed by atoms with E-state index in [-0.39, 0.29) is 12.8 Å². The van der Waals surface area contributed by atoms with Crippen LogP contribution >= 0.6 is 0 Å². The first-order valence-electron chi connectivity index (χ1n) is 5.12. The molecule has 0 bridgehead atoms. The van der Waals surface area contributed by atoms with Crippen LogP contribution in [0.25, 0.3) is 0 Å². The lowest BCUT2D eigenvalue weighted by Crippen LogP contribution is -2.36. The van der Waals surface area contributed by atoms with Crippen LogP contribution in [0.5, 0.6) is 0 Å². The van der Waals surface area contributed by atoms with Crippen LogP contribution in [0.1, 0.15) is 40.5 Å². The molecule has 0 aliphatic carbocycles. The van der Waals surface area contributed by atoms with Crippen molar-refractivity contribution in [3.63, 3.8) is 0 Å². The standard InChI is InChI=1S/C10H18N2O4/c1-5-9(3,7(13)14)11-12-10(4,6-2)8(15)16/h5-6H2,1-4H3,(H,13,14)(H,15,16)/b12-11+. The van der Waals surface area contributed by atoms with Crippen molar-refractivity contribution in [3.05, 3.63) is 0 Å². The van der Waals surface area contributed by atoms with Gasteiger partial charge in [0.2, 0.25) is 0 Å². The average Bonchev–Trinajstić information content (AvgIpc) is 2.24. The second kappa shape index (κ2) is 5.05. The molecule has 0 spiro atoms. The van der Waals surface area contributed by atoms with E-state index in [0.717, 1.165) is 0 Å². The first kappa shape index (κ1) is 14.5. The zero-order chi connectivity index (χ0) is 13.0. The number of hydrogen-bond donors (Lipinski definition) is 2. The van der Waals surface area contributed by atoms with Gasteiger partial charge >= 0.3 is 11.9 Å². The molecule has 6 heteroatoms. The van der Waals surface area contributed by atoms with Crippen LogP contribution in [0.2, 0.25) is 0 Å². The Labute approximate surface area is 94.4 Å². The summed E-state index contributed by atoms with van der Waals surface area (Å²) in [6, 6.07) is 0. The fourth-order valence-corrected chi connectivity index (χ4v) is 0.750. The molecule has 0 aromatic rings. The summed E-state index contributed by atoms with van der Waals surface area (Å²) in [4.78, 5) is 21.9. The number of nitrogens with zero attached hydrogens (tertiary/aromatic N) is 2. The quantitative estimate of drug-likeness (QED) is 0.681. The molecule has 0 radical (unpaired) electrons. The van der Waals surface area contributed by atoms with Gasteiger partial charge in [-0.15, -0.1) is 0 Å². The monoisotopic (exact) mass is 230 g/mol. The van der Waals surface area contributed by atoms with Crippen LogP contribution in [0, 0.1) is 0 Å². The Morgan fingerprint density at radius 2 is 1.19 bits per heavy atom. The SMILES string of the molecule is CCC(C)(/N=N/C(C)(CC)C(=O)O)C(=O)O. The Balaban J connectivity index is 5.07. The Bertz CT molecular complexity index is 286. The van der Waals surface area contributed by atoms with Gasteiger partial charge in [0.25, 0.3) is 0 Å². The molecule has 0 saturated heterocycles. The molecule has 92 valence electrons. The van der Waals surface area contributed by atoms with Crippen LogP contribution in [0.3, 0.4) is 0 Å². The summed E-state index contributed by atoms with van der Waals surface area (Å²) < 4.78 is 0. The van der Waals surface area contributed by atoms with E-state index in [9.17, 15) is 9.59 Å². The summed E-state index contributed by atoms with van der Waals surface area (Å²) in [6.07, 6.45) is 0.510. The predicted molar refractivity (Wildman–Crippen MR) is 57.5 cm³/mol. The number of aliphatic carboxylic acids is 2. The predicted octanol–water partition coefficient (Wildman–Crippen LogP) is 1.95. The lowest BCUT2D eigenvalue weighted by Gasteiger charge is -2.21. The molecule has 0 aromatic heterocycles. The van der Waals surface area contributed by atoms with Crippen LogP contribution < -0.4 is 0 Å². The molecule has 16 heavy (non-hydrogen) atoms. The number of rotatable bonds is 6. The topological polar surface area (TPSA) is 99.3 Å². The first-order chi connectivity index (χ1) is 7.22. The van der Waals surface area contributed by atoms with Crippen LogP contribution in [0.4, 0.5) is 0 Å². The maximum absolute atomic E-state index is 10.9. The zero-order valence-corrected chi connectivity index (χ0v) is 10.0. The number of carboxylic acids is 2. The molecule has 0 fully saturated rings. The largest absolute Gasteiger partial charge is 0.479 e. The van der Waals surface area contributed by atoms with Gasteiger partial charge in [0.05, 0.1) is 0 Å². The molecule has 2 atom stereocenters. The Morgan fingerprint density at radius 1 is 0.938 bits per heavy atom.